The van der Waals surface area contributed by atoms with E-state index in [1.165, 1.54) is 16.9 Å². The number of carbonyl (C=O) groups is 3. The maximum absolute atomic E-state index is 12.2. The number of methoxy groups -OCH3 is 1. The summed E-state index contributed by atoms with van der Waals surface area (Å²) in [6.07, 6.45) is 1.25. The number of rotatable bonds is 4. The number of hydrogen-bond donors (Lipinski definition) is 1. The molecular formula is C12H20N2O5. The summed E-state index contributed by atoms with van der Waals surface area (Å²) in [6, 6.07) is -0.307. The van der Waals surface area contributed by atoms with Gasteiger partial charge in [0.15, 0.2) is 0 Å². The molecule has 1 aliphatic heterocycles. The molecule has 1 N–H and O–H groups in total. The Morgan fingerprint density at radius 1 is 1.42 bits per heavy atom. The number of esters is 1. The zero-order valence-corrected chi connectivity index (χ0v) is 11.3. The van der Waals surface area contributed by atoms with Crippen LogP contribution in [-0.4, -0.2) is 66.2 Å². The number of likely N-dealkylation sites (tertiary alicyclic amines) is 1. The summed E-state index contributed by atoms with van der Waals surface area (Å²) >= 11 is 0. The van der Waals surface area contributed by atoms with Crippen molar-refractivity contribution in [2.24, 2.45) is 5.92 Å². The van der Waals surface area contributed by atoms with E-state index < -0.39 is 17.9 Å². The van der Waals surface area contributed by atoms with E-state index in [1.54, 1.807) is 6.92 Å². The number of carbonyl (C=O) groups excluding carboxylic acids is 2. The second kappa shape index (κ2) is 6.96. The van der Waals surface area contributed by atoms with Crippen molar-refractivity contribution in [1.82, 2.24) is 9.80 Å². The lowest BCUT2D eigenvalue weighted by atomic mass is 9.99. The number of urea groups is 1. The van der Waals surface area contributed by atoms with Crippen LogP contribution in [-0.2, 0) is 14.3 Å². The fraction of sp³-hybridized carbons (Fsp3) is 0.750. The monoisotopic (exact) mass is 272 g/mol. The molecule has 2 amide bonds. The third-order valence-corrected chi connectivity index (χ3v) is 3.24. The molecular weight excluding hydrogens is 252 g/mol. The van der Waals surface area contributed by atoms with E-state index in [0.29, 0.717) is 25.9 Å². The van der Waals surface area contributed by atoms with Crippen molar-refractivity contribution in [1.29, 1.82) is 0 Å². The highest BCUT2D eigenvalue weighted by molar-refractivity contribution is 5.81. The molecule has 7 heteroatoms. The average molecular weight is 272 g/mol. The predicted molar refractivity (Wildman–Crippen MR) is 66.6 cm³/mol. The molecule has 0 aromatic carbocycles. The number of carboxylic acids is 1. The van der Waals surface area contributed by atoms with E-state index >= 15 is 0 Å². The Morgan fingerprint density at radius 3 is 2.63 bits per heavy atom. The molecule has 1 atom stereocenters. The number of likely N-dealkylation sites (N-methyl/N-ethyl adjacent to an activating group) is 1. The smallest absolute Gasteiger partial charge is 0.325 e. The average Bonchev–Trinajstić information content (AvgIpc) is 2.43. The summed E-state index contributed by atoms with van der Waals surface area (Å²) in [5.41, 5.74) is 0. The van der Waals surface area contributed by atoms with Crippen LogP contribution in [0.1, 0.15) is 19.8 Å². The third kappa shape index (κ3) is 4.11. The summed E-state index contributed by atoms with van der Waals surface area (Å²) in [6.45, 7) is 2.76. The number of hydrogen-bond acceptors (Lipinski definition) is 4. The maximum atomic E-state index is 12.2. The molecule has 0 spiro atoms. The van der Waals surface area contributed by atoms with Crippen molar-refractivity contribution in [3.63, 3.8) is 0 Å². The first kappa shape index (κ1) is 15.3. The van der Waals surface area contributed by atoms with Gasteiger partial charge in [0.2, 0.25) is 0 Å². The van der Waals surface area contributed by atoms with Crippen LogP contribution in [0, 0.1) is 5.92 Å². The van der Waals surface area contributed by atoms with Gasteiger partial charge < -0.3 is 19.6 Å². The summed E-state index contributed by atoms with van der Waals surface area (Å²) in [5.74, 6) is -1.88. The van der Waals surface area contributed by atoms with Gasteiger partial charge in [-0.1, -0.05) is 0 Å². The minimum absolute atomic E-state index is 0.111. The molecule has 7 nitrogen and oxygen atoms in total. The Balaban J connectivity index is 2.63. The van der Waals surface area contributed by atoms with Crippen molar-refractivity contribution >= 4 is 18.0 Å². The number of ether oxygens (including phenoxy) is 1. The highest BCUT2D eigenvalue weighted by Crippen LogP contribution is 2.18. The lowest BCUT2D eigenvalue weighted by Crippen LogP contribution is -2.50. The highest BCUT2D eigenvalue weighted by atomic mass is 16.5. The van der Waals surface area contributed by atoms with Crippen LogP contribution in [0.2, 0.25) is 0 Å². The molecule has 0 unspecified atom stereocenters. The number of amides is 2. The molecule has 1 heterocycles. The van der Waals surface area contributed by atoms with Gasteiger partial charge in [-0.25, -0.2) is 4.79 Å². The van der Waals surface area contributed by atoms with Crippen molar-refractivity contribution in [3.05, 3.63) is 0 Å². The Labute approximate surface area is 112 Å². The van der Waals surface area contributed by atoms with Crippen LogP contribution < -0.4 is 0 Å². The van der Waals surface area contributed by atoms with Gasteiger partial charge in [0.1, 0.15) is 6.54 Å². The van der Waals surface area contributed by atoms with Crippen molar-refractivity contribution in [2.45, 2.75) is 19.8 Å². The standard InChI is InChI=1S/C12H20N2O5/c1-3-13(8-10(15)19-2)12(18)14-6-4-5-9(7-14)11(16)17/h9H,3-8H2,1-2H3,(H,16,17)/t9-/m0/s1. The molecule has 1 fully saturated rings. The molecule has 0 aromatic rings. The Hall–Kier alpha value is -1.79. The second-order valence-electron chi connectivity index (χ2n) is 4.50. The first-order chi connectivity index (χ1) is 8.99. The normalized spacial score (nSPS) is 18.8. The number of nitrogens with zero attached hydrogens (tertiary/aromatic N) is 2. The molecule has 0 bridgehead atoms. The molecule has 0 aliphatic carbocycles. The quantitative estimate of drug-likeness (QED) is 0.748. The third-order valence-electron chi connectivity index (χ3n) is 3.24. The number of aliphatic carboxylic acids is 1. The van der Waals surface area contributed by atoms with Gasteiger partial charge in [0, 0.05) is 19.6 Å². The maximum Gasteiger partial charge on any atom is 0.325 e. The van der Waals surface area contributed by atoms with E-state index in [2.05, 4.69) is 4.74 Å². The van der Waals surface area contributed by atoms with Gasteiger partial charge in [-0.15, -0.1) is 0 Å². The molecule has 1 saturated heterocycles. The molecule has 1 rings (SSSR count). The van der Waals surface area contributed by atoms with Crippen molar-refractivity contribution < 1.29 is 24.2 Å². The second-order valence-corrected chi connectivity index (χ2v) is 4.50. The summed E-state index contributed by atoms with van der Waals surface area (Å²) < 4.78 is 4.53. The van der Waals surface area contributed by atoms with Gasteiger partial charge >= 0.3 is 18.0 Å². The number of carboxylic acid groups (broad SMARTS) is 1. The van der Waals surface area contributed by atoms with Crippen LogP contribution in [0.5, 0.6) is 0 Å². The Kier molecular flexibility index (Phi) is 5.59. The summed E-state index contributed by atoms with van der Waals surface area (Å²) in [4.78, 5) is 37.2. The first-order valence-electron chi connectivity index (χ1n) is 6.33. The lowest BCUT2D eigenvalue weighted by Gasteiger charge is -2.34. The van der Waals surface area contributed by atoms with Crippen LogP contribution in [0.3, 0.4) is 0 Å². The van der Waals surface area contributed by atoms with E-state index in [1.807, 2.05) is 0 Å². The molecule has 0 saturated carbocycles. The Bertz CT molecular complexity index is 358. The Morgan fingerprint density at radius 2 is 2.11 bits per heavy atom. The first-order valence-corrected chi connectivity index (χ1v) is 6.33. The van der Waals surface area contributed by atoms with Gasteiger partial charge in [-0.05, 0) is 19.8 Å². The molecule has 108 valence electrons. The van der Waals surface area contributed by atoms with Crippen LogP contribution in [0.15, 0.2) is 0 Å². The lowest BCUT2D eigenvalue weighted by molar-refractivity contribution is -0.144. The van der Waals surface area contributed by atoms with Gasteiger partial charge in [-0.3, -0.25) is 9.59 Å². The summed E-state index contributed by atoms with van der Waals surface area (Å²) in [5, 5.41) is 8.99. The predicted octanol–water partition coefficient (Wildman–Crippen LogP) is 0.398. The topological polar surface area (TPSA) is 87.2 Å². The fourth-order valence-electron chi connectivity index (χ4n) is 2.09. The van der Waals surface area contributed by atoms with E-state index in [9.17, 15) is 14.4 Å². The molecule has 0 aromatic heterocycles. The van der Waals surface area contributed by atoms with Crippen LogP contribution in [0.25, 0.3) is 0 Å². The van der Waals surface area contributed by atoms with Crippen molar-refractivity contribution in [3.8, 4) is 0 Å². The largest absolute Gasteiger partial charge is 0.481 e. The van der Waals surface area contributed by atoms with E-state index in [4.69, 9.17) is 5.11 Å². The van der Waals surface area contributed by atoms with Crippen LogP contribution >= 0.6 is 0 Å². The van der Waals surface area contributed by atoms with Gasteiger partial charge in [-0.2, -0.15) is 0 Å². The minimum atomic E-state index is -0.881. The molecule has 0 radical (unpaired) electrons. The molecule has 19 heavy (non-hydrogen) atoms. The number of piperidine rings is 1. The minimum Gasteiger partial charge on any atom is -0.481 e. The molecule has 1 aliphatic rings. The highest BCUT2D eigenvalue weighted by Gasteiger charge is 2.30. The van der Waals surface area contributed by atoms with Gasteiger partial charge in [0.25, 0.3) is 0 Å². The van der Waals surface area contributed by atoms with Crippen LogP contribution in [0.4, 0.5) is 4.79 Å². The van der Waals surface area contributed by atoms with Gasteiger partial charge in [0.05, 0.1) is 13.0 Å². The van der Waals surface area contributed by atoms with E-state index in [-0.39, 0.29) is 19.1 Å². The van der Waals surface area contributed by atoms with Crippen molar-refractivity contribution in [2.75, 3.05) is 33.3 Å². The summed E-state index contributed by atoms with van der Waals surface area (Å²) in [7, 11) is 1.27. The zero-order chi connectivity index (χ0) is 14.4. The van der Waals surface area contributed by atoms with E-state index in [0.717, 1.165) is 0 Å². The fourth-order valence-corrected chi connectivity index (χ4v) is 2.09. The SMILES string of the molecule is CCN(CC(=O)OC)C(=O)N1CCC[C@H](C(=O)O)C1. The zero-order valence-electron chi connectivity index (χ0n) is 11.3.